The Hall–Kier alpha value is -0.610. The van der Waals surface area contributed by atoms with Gasteiger partial charge in [0.15, 0.2) is 0 Å². The number of hydrogen-bond acceptors (Lipinski definition) is 3. The van der Waals surface area contributed by atoms with Gasteiger partial charge in [0.25, 0.3) is 0 Å². The first kappa shape index (κ1) is 12.5. The van der Waals surface area contributed by atoms with Crippen molar-refractivity contribution in [2.75, 3.05) is 20.3 Å². The SMILES string of the molecule is COCC(N)CCNC(=O)CC1CCC1. The average Bonchev–Trinajstić information content (AvgIpc) is 2.12. The summed E-state index contributed by atoms with van der Waals surface area (Å²) in [6.07, 6.45) is 5.20. The summed E-state index contributed by atoms with van der Waals surface area (Å²) in [5.41, 5.74) is 5.73. The second-order valence-corrected chi connectivity index (χ2v) is 4.36. The van der Waals surface area contributed by atoms with E-state index in [9.17, 15) is 4.79 Å². The molecule has 1 aliphatic rings. The highest BCUT2D eigenvalue weighted by molar-refractivity contribution is 5.76. The van der Waals surface area contributed by atoms with E-state index in [-0.39, 0.29) is 11.9 Å². The lowest BCUT2D eigenvalue weighted by molar-refractivity contribution is -0.122. The van der Waals surface area contributed by atoms with E-state index >= 15 is 0 Å². The zero-order valence-electron chi connectivity index (χ0n) is 9.50. The number of nitrogens with two attached hydrogens (primary N) is 1. The Morgan fingerprint density at radius 3 is 2.87 bits per heavy atom. The van der Waals surface area contributed by atoms with Gasteiger partial charge in [0.05, 0.1) is 6.61 Å². The van der Waals surface area contributed by atoms with Crippen LogP contribution < -0.4 is 11.1 Å². The molecule has 1 fully saturated rings. The van der Waals surface area contributed by atoms with Crippen molar-refractivity contribution in [2.24, 2.45) is 11.7 Å². The number of carbonyl (C=O) groups is 1. The number of rotatable bonds is 7. The van der Waals surface area contributed by atoms with Gasteiger partial charge in [0, 0.05) is 26.1 Å². The summed E-state index contributed by atoms with van der Waals surface area (Å²) in [6, 6.07) is 0.0269. The first-order valence-corrected chi connectivity index (χ1v) is 5.73. The second-order valence-electron chi connectivity index (χ2n) is 4.36. The summed E-state index contributed by atoms with van der Waals surface area (Å²) < 4.78 is 4.91. The Labute approximate surface area is 91.5 Å². The van der Waals surface area contributed by atoms with E-state index < -0.39 is 0 Å². The van der Waals surface area contributed by atoms with E-state index in [1.54, 1.807) is 7.11 Å². The number of methoxy groups -OCH3 is 1. The van der Waals surface area contributed by atoms with Crippen molar-refractivity contribution in [2.45, 2.75) is 38.1 Å². The normalized spacial score (nSPS) is 18.3. The van der Waals surface area contributed by atoms with Gasteiger partial charge in [0.1, 0.15) is 0 Å². The number of carbonyl (C=O) groups excluding carboxylic acids is 1. The molecule has 1 amide bonds. The molecule has 0 heterocycles. The van der Waals surface area contributed by atoms with E-state index in [0.29, 0.717) is 25.5 Å². The number of amides is 1. The highest BCUT2D eigenvalue weighted by atomic mass is 16.5. The van der Waals surface area contributed by atoms with Crippen LogP contribution in [0.25, 0.3) is 0 Å². The summed E-state index contributed by atoms with van der Waals surface area (Å²) in [5.74, 6) is 0.807. The second kappa shape index (κ2) is 6.80. The molecular formula is C11H22N2O2. The van der Waals surface area contributed by atoms with Crippen LogP contribution in [-0.4, -0.2) is 32.2 Å². The third kappa shape index (κ3) is 5.14. The molecule has 0 radical (unpaired) electrons. The molecule has 1 rings (SSSR count). The van der Waals surface area contributed by atoms with Gasteiger partial charge in [-0.1, -0.05) is 6.42 Å². The lowest BCUT2D eigenvalue weighted by Gasteiger charge is -2.24. The van der Waals surface area contributed by atoms with Crippen molar-refractivity contribution in [3.8, 4) is 0 Å². The topological polar surface area (TPSA) is 64.3 Å². The summed E-state index contributed by atoms with van der Waals surface area (Å²) in [7, 11) is 1.63. The minimum atomic E-state index is 0.0269. The molecule has 1 saturated carbocycles. The number of nitrogens with one attached hydrogen (secondary N) is 1. The summed E-state index contributed by atoms with van der Waals surface area (Å²) in [5, 5.41) is 2.90. The Morgan fingerprint density at radius 1 is 1.60 bits per heavy atom. The van der Waals surface area contributed by atoms with E-state index in [1.807, 2.05) is 0 Å². The zero-order chi connectivity index (χ0) is 11.1. The standard InChI is InChI=1S/C11H22N2O2/c1-15-8-10(12)5-6-13-11(14)7-9-3-2-4-9/h9-10H,2-8,12H2,1H3,(H,13,14). The Balaban J connectivity index is 1.96. The monoisotopic (exact) mass is 214 g/mol. The Kier molecular flexibility index (Phi) is 5.65. The van der Waals surface area contributed by atoms with Gasteiger partial charge in [-0.05, 0) is 25.2 Å². The van der Waals surface area contributed by atoms with Crippen LogP contribution in [-0.2, 0) is 9.53 Å². The largest absolute Gasteiger partial charge is 0.383 e. The predicted molar refractivity (Wildman–Crippen MR) is 59.4 cm³/mol. The lowest BCUT2D eigenvalue weighted by atomic mass is 9.83. The maximum absolute atomic E-state index is 11.4. The van der Waals surface area contributed by atoms with Crippen molar-refractivity contribution in [3.05, 3.63) is 0 Å². The van der Waals surface area contributed by atoms with Gasteiger partial charge in [-0.3, -0.25) is 4.79 Å². The van der Waals surface area contributed by atoms with Crippen molar-refractivity contribution >= 4 is 5.91 Å². The van der Waals surface area contributed by atoms with Crippen molar-refractivity contribution < 1.29 is 9.53 Å². The van der Waals surface area contributed by atoms with Crippen LogP contribution in [0.5, 0.6) is 0 Å². The Bertz CT molecular complexity index is 193. The van der Waals surface area contributed by atoms with Crippen LogP contribution in [0.1, 0.15) is 32.1 Å². The Morgan fingerprint density at radius 2 is 2.33 bits per heavy atom. The first-order valence-electron chi connectivity index (χ1n) is 5.73. The lowest BCUT2D eigenvalue weighted by Crippen LogP contribution is -2.34. The van der Waals surface area contributed by atoms with Crippen LogP contribution in [0.4, 0.5) is 0 Å². The van der Waals surface area contributed by atoms with E-state index in [2.05, 4.69) is 5.32 Å². The minimum absolute atomic E-state index is 0.0269. The molecular weight excluding hydrogens is 192 g/mol. The van der Waals surface area contributed by atoms with Crippen molar-refractivity contribution in [1.82, 2.24) is 5.32 Å². The fraction of sp³-hybridized carbons (Fsp3) is 0.909. The van der Waals surface area contributed by atoms with Gasteiger partial charge in [-0.2, -0.15) is 0 Å². The molecule has 1 atom stereocenters. The smallest absolute Gasteiger partial charge is 0.220 e. The van der Waals surface area contributed by atoms with Crippen LogP contribution >= 0.6 is 0 Å². The molecule has 1 unspecified atom stereocenters. The molecule has 0 spiro atoms. The molecule has 0 aromatic rings. The fourth-order valence-electron chi connectivity index (χ4n) is 1.73. The third-order valence-corrected chi connectivity index (χ3v) is 2.92. The van der Waals surface area contributed by atoms with Crippen LogP contribution in [0.3, 0.4) is 0 Å². The van der Waals surface area contributed by atoms with Gasteiger partial charge in [-0.25, -0.2) is 0 Å². The van der Waals surface area contributed by atoms with Crippen LogP contribution in [0, 0.1) is 5.92 Å². The van der Waals surface area contributed by atoms with Crippen LogP contribution in [0.15, 0.2) is 0 Å². The van der Waals surface area contributed by atoms with Gasteiger partial charge >= 0.3 is 0 Å². The quantitative estimate of drug-likeness (QED) is 0.654. The molecule has 4 heteroatoms. The maximum Gasteiger partial charge on any atom is 0.220 e. The molecule has 4 nitrogen and oxygen atoms in total. The van der Waals surface area contributed by atoms with Crippen molar-refractivity contribution in [1.29, 1.82) is 0 Å². The molecule has 88 valence electrons. The zero-order valence-corrected chi connectivity index (χ0v) is 9.50. The minimum Gasteiger partial charge on any atom is -0.383 e. The summed E-state index contributed by atoms with van der Waals surface area (Å²) in [6.45, 7) is 1.22. The van der Waals surface area contributed by atoms with Crippen LogP contribution in [0.2, 0.25) is 0 Å². The number of ether oxygens (including phenoxy) is 1. The van der Waals surface area contributed by atoms with Gasteiger partial charge in [0.2, 0.25) is 5.91 Å². The third-order valence-electron chi connectivity index (χ3n) is 2.92. The van der Waals surface area contributed by atoms with Gasteiger partial charge < -0.3 is 15.8 Å². The summed E-state index contributed by atoms with van der Waals surface area (Å²) in [4.78, 5) is 11.4. The molecule has 0 saturated heterocycles. The molecule has 0 aliphatic heterocycles. The van der Waals surface area contributed by atoms with Gasteiger partial charge in [-0.15, -0.1) is 0 Å². The highest BCUT2D eigenvalue weighted by Gasteiger charge is 2.20. The maximum atomic E-state index is 11.4. The van der Waals surface area contributed by atoms with Crippen molar-refractivity contribution in [3.63, 3.8) is 0 Å². The highest BCUT2D eigenvalue weighted by Crippen LogP contribution is 2.28. The molecule has 15 heavy (non-hydrogen) atoms. The molecule has 0 bridgehead atoms. The molecule has 3 N–H and O–H groups in total. The average molecular weight is 214 g/mol. The van der Waals surface area contributed by atoms with E-state index in [4.69, 9.17) is 10.5 Å². The molecule has 0 aromatic heterocycles. The fourth-order valence-corrected chi connectivity index (χ4v) is 1.73. The predicted octanol–water partition coefficient (Wildman–Crippen LogP) is 0.657. The molecule has 0 aromatic carbocycles. The van der Waals surface area contributed by atoms with E-state index in [1.165, 1.54) is 19.3 Å². The van der Waals surface area contributed by atoms with E-state index in [0.717, 1.165) is 6.42 Å². The first-order chi connectivity index (χ1) is 7.22. The number of hydrogen-bond donors (Lipinski definition) is 2. The molecule has 1 aliphatic carbocycles. The summed E-state index contributed by atoms with van der Waals surface area (Å²) >= 11 is 0.